The summed E-state index contributed by atoms with van der Waals surface area (Å²) >= 11 is 0. The highest BCUT2D eigenvalue weighted by atomic mass is 32.2. The van der Waals surface area contributed by atoms with Crippen molar-refractivity contribution < 1.29 is 8.42 Å². The van der Waals surface area contributed by atoms with Crippen LogP contribution >= 0.6 is 0 Å². The zero-order valence-electron chi connectivity index (χ0n) is 18.7. The minimum Gasteiger partial charge on any atom is -0.357 e. The van der Waals surface area contributed by atoms with E-state index in [1.807, 2.05) is 13.0 Å². The summed E-state index contributed by atoms with van der Waals surface area (Å²) < 4.78 is 24.9. The summed E-state index contributed by atoms with van der Waals surface area (Å²) in [5, 5.41) is 6.63. The highest BCUT2D eigenvalue weighted by Crippen LogP contribution is 2.07. The van der Waals surface area contributed by atoms with Crippen LogP contribution in [0.15, 0.2) is 35.3 Å². The Hall–Kier alpha value is -1.64. The molecule has 1 atom stereocenters. The third-order valence-corrected chi connectivity index (χ3v) is 6.83. The van der Waals surface area contributed by atoms with Gasteiger partial charge in [0.25, 0.3) is 0 Å². The maximum Gasteiger partial charge on any atom is 0.213 e. The molecule has 1 aromatic carbocycles. The molecule has 0 saturated heterocycles. The van der Waals surface area contributed by atoms with E-state index in [-0.39, 0.29) is 5.75 Å². The normalized spacial score (nSPS) is 13.7. The Morgan fingerprint density at radius 1 is 1.14 bits per heavy atom. The Labute approximate surface area is 177 Å². The van der Waals surface area contributed by atoms with Crippen molar-refractivity contribution in [1.82, 2.24) is 19.8 Å². The molecule has 0 saturated carbocycles. The van der Waals surface area contributed by atoms with E-state index in [0.717, 1.165) is 32.0 Å². The lowest BCUT2D eigenvalue weighted by Gasteiger charge is -2.25. The lowest BCUT2D eigenvalue weighted by atomic mass is 10.1. The molecule has 0 aliphatic carbocycles. The number of nitrogens with zero attached hydrogens (tertiary/aromatic N) is 3. The van der Waals surface area contributed by atoms with Crippen LogP contribution in [0.2, 0.25) is 0 Å². The maximum atomic E-state index is 11.8. The van der Waals surface area contributed by atoms with E-state index in [2.05, 4.69) is 58.8 Å². The molecule has 0 spiro atoms. The number of sulfonamides is 1. The third-order valence-electron chi connectivity index (χ3n) is 4.97. The Bertz CT molecular complexity index is 694. The second-order valence-electron chi connectivity index (χ2n) is 7.30. The van der Waals surface area contributed by atoms with Gasteiger partial charge < -0.3 is 10.6 Å². The van der Waals surface area contributed by atoms with Crippen LogP contribution in [0.3, 0.4) is 0 Å². The van der Waals surface area contributed by atoms with Gasteiger partial charge in [0.15, 0.2) is 5.96 Å². The molecule has 2 N–H and O–H groups in total. The average Bonchev–Trinajstić information content (AvgIpc) is 2.71. The first-order valence-electron chi connectivity index (χ1n) is 10.5. The van der Waals surface area contributed by atoms with Gasteiger partial charge in [-0.25, -0.2) is 12.7 Å². The fourth-order valence-corrected chi connectivity index (χ4v) is 3.68. The van der Waals surface area contributed by atoms with Crippen molar-refractivity contribution in [3.63, 3.8) is 0 Å². The fraction of sp³-hybridized carbons (Fsp3) is 0.667. The first-order valence-corrected chi connectivity index (χ1v) is 12.1. The number of hydrogen-bond donors (Lipinski definition) is 2. The second kappa shape index (κ2) is 13.6. The number of rotatable bonds is 13. The lowest BCUT2D eigenvalue weighted by Crippen LogP contribution is -2.40. The van der Waals surface area contributed by atoms with E-state index in [4.69, 9.17) is 0 Å². The van der Waals surface area contributed by atoms with E-state index in [1.54, 1.807) is 14.0 Å². The zero-order chi connectivity index (χ0) is 21.7. The molecule has 1 rings (SSSR count). The summed E-state index contributed by atoms with van der Waals surface area (Å²) in [7, 11) is 0.660. The molecule has 8 heteroatoms. The van der Waals surface area contributed by atoms with Gasteiger partial charge >= 0.3 is 0 Å². The van der Waals surface area contributed by atoms with Crippen molar-refractivity contribution in [2.45, 2.75) is 46.2 Å². The first-order chi connectivity index (χ1) is 13.8. The van der Waals surface area contributed by atoms with Gasteiger partial charge in [0, 0.05) is 45.8 Å². The minimum absolute atomic E-state index is 0.133. The van der Waals surface area contributed by atoms with E-state index in [9.17, 15) is 8.42 Å². The molecule has 1 unspecified atom stereocenters. The van der Waals surface area contributed by atoms with Crippen molar-refractivity contribution in [3.8, 4) is 0 Å². The van der Waals surface area contributed by atoms with Gasteiger partial charge in [-0.2, -0.15) is 0 Å². The second-order valence-corrected chi connectivity index (χ2v) is 9.67. The highest BCUT2D eigenvalue weighted by molar-refractivity contribution is 7.89. The van der Waals surface area contributed by atoms with Gasteiger partial charge in [0.2, 0.25) is 10.0 Å². The molecule has 0 radical (unpaired) electrons. The van der Waals surface area contributed by atoms with Crippen LogP contribution in [0.5, 0.6) is 0 Å². The summed E-state index contributed by atoms with van der Waals surface area (Å²) in [4.78, 5) is 6.91. The smallest absolute Gasteiger partial charge is 0.213 e. The molecular formula is C21H39N5O2S. The van der Waals surface area contributed by atoms with Crippen molar-refractivity contribution in [2.75, 3.05) is 46.0 Å². The van der Waals surface area contributed by atoms with Gasteiger partial charge in [0.1, 0.15) is 0 Å². The van der Waals surface area contributed by atoms with Crippen molar-refractivity contribution >= 4 is 16.0 Å². The van der Waals surface area contributed by atoms with Gasteiger partial charge in [-0.15, -0.1) is 0 Å². The molecule has 0 aliphatic rings. The summed E-state index contributed by atoms with van der Waals surface area (Å²) in [6.07, 6.45) is 1.70. The van der Waals surface area contributed by atoms with Crippen LogP contribution in [-0.4, -0.2) is 75.7 Å². The zero-order valence-corrected chi connectivity index (χ0v) is 19.5. The largest absolute Gasteiger partial charge is 0.357 e. The molecule has 0 amide bonds. The predicted molar refractivity (Wildman–Crippen MR) is 123 cm³/mol. The maximum absolute atomic E-state index is 11.8. The lowest BCUT2D eigenvalue weighted by molar-refractivity contribution is 0.238. The SMILES string of the molecule is CCNC(=NCCCN(C)S(=O)(=O)CC)NCCC(C)N(C)Cc1ccccc1. The van der Waals surface area contributed by atoms with Crippen molar-refractivity contribution in [2.24, 2.45) is 4.99 Å². The van der Waals surface area contributed by atoms with Gasteiger partial charge in [0.05, 0.1) is 5.75 Å². The van der Waals surface area contributed by atoms with Crippen molar-refractivity contribution in [1.29, 1.82) is 0 Å². The van der Waals surface area contributed by atoms with Crippen LogP contribution in [0.1, 0.15) is 39.2 Å². The molecule has 0 aromatic heterocycles. The third kappa shape index (κ3) is 10.1. The number of guanidine groups is 1. The molecule has 0 aliphatic heterocycles. The summed E-state index contributed by atoms with van der Waals surface area (Å²) in [6.45, 7) is 9.56. The van der Waals surface area contributed by atoms with Crippen LogP contribution in [-0.2, 0) is 16.6 Å². The van der Waals surface area contributed by atoms with E-state index in [0.29, 0.717) is 25.6 Å². The fourth-order valence-electron chi connectivity index (χ4n) is 2.83. The molecule has 0 heterocycles. The topological polar surface area (TPSA) is 77.0 Å². The summed E-state index contributed by atoms with van der Waals surface area (Å²) in [5.41, 5.74) is 1.32. The van der Waals surface area contributed by atoms with Crippen LogP contribution in [0.25, 0.3) is 0 Å². The predicted octanol–water partition coefficient (Wildman–Crippen LogP) is 2.12. The number of nitrogens with one attached hydrogen (secondary N) is 2. The molecule has 0 bridgehead atoms. The van der Waals surface area contributed by atoms with E-state index < -0.39 is 10.0 Å². The summed E-state index contributed by atoms with van der Waals surface area (Å²) in [5.74, 6) is 0.917. The Kier molecular flexibility index (Phi) is 11.9. The standard InChI is InChI=1S/C21H39N5O2S/c1-6-22-21(23-15-11-17-26(5)29(27,28)7-2)24-16-14-19(3)25(4)18-20-12-9-8-10-13-20/h8-10,12-13,19H,6-7,11,14-18H2,1-5H3,(H2,22,23,24). The molecular weight excluding hydrogens is 386 g/mol. The molecule has 7 nitrogen and oxygen atoms in total. The van der Waals surface area contributed by atoms with Gasteiger partial charge in [-0.05, 0) is 46.2 Å². The highest BCUT2D eigenvalue weighted by Gasteiger charge is 2.14. The van der Waals surface area contributed by atoms with Crippen molar-refractivity contribution in [3.05, 3.63) is 35.9 Å². The van der Waals surface area contributed by atoms with E-state index in [1.165, 1.54) is 9.87 Å². The average molecular weight is 426 g/mol. The molecule has 1 aromatic rings. The molecule has 0 fully saturated rings. The van der Waals surface area contributed by atoms with Crippen LogP contribution in [0, 0.1) is 0 Å². The Morgan fingerprint density at radius 3 is 2.45 bits per heavy atom. The molecule has 166 valence electrons. The molecule has 29 heavy (non-hydrogen) atoms. The quantitative estimate of drug-likeness (QED) is 0.288. The number of aliphatic imine (C=N–C) groups is 1. The van der Waals surface area contributed by atoms with Gasteiger partial charge in [-0.3, -0.25) is 9.89 Å². The van der Waals surface area contributed by atoms with Crippen LogP contribution < -0.4 is 10.6 Å². The van der Waals surface area contributed by atoms with Crippen LogP contribution in [0.4, 0.5) is 0 Å². The first kappa shape index (κ1) is 25.4. The van der Waals surface area contributed by atoms with Gasteiger partial charge in [-0.1, -0.05) is 30.3 Å². The number of hydrogen-bond acceptors (Lipinski definition) is 4. The van der Waals surface area contributed by atoms with E-state index >= 15 is 0 Å². The Morgan fingerprint density at radius 2 is 1.83 bits per heavy atom. The Balaban J connectivity index is 2.38. The minimum atomic E-state index is -3.11. The monoisotopic (exact) mass is 425 g/mol. The number of benzene rings is 1. The summed E-state index contributed by atoms with van der Waals surface area (Å²) in [6, 6.07) is 10.9.